The highest BCUT2D eigenvalue weighted by atomic mass is 32.2. The maximum absolute atomic E-state index is 13.7. The molecule has 0 bridgehead atoms. The molecule has 0 unspecified atom stereocenters. The van der Waals surface area contributed by atoms with Gasteiger partial charge in [-0.05, 0) is 42.5 Å². The number of ketones is 2. The third-order valence-corrected chi connectivity index (χ3v) is 8.73. The monoisotopic (exact) mass is 656 g/mol. The minimum Gasteiger partial charge on any atom is -0.288 e. The predicted octanol–water partition coefficient (Wildman–Crippen LogP) is 5.03. The fraction of sp³-hybridized carbons (Fsp3) is 0. The van der Waals surface area contributed by atoms with E-state index in [2.05, 4.69) is 20.5 Å². The highest BCUT2D eigenvalue weighted by Gasteiger charge is 2.37. The maximum Gasteiger partial charge on any atom is 0.296 e. The zero-order chi connectivity index (χ0) is 32.0. The Balaban J connectivity index is 1.78. The number of carbonyl (C=O) groups excluding carboxylic acids is 2. The summed E-state index contributed by atoms with van der Waals surface area (Å²) in [4.78, 5) is 25.3. The van der Waals surface area contributed by atoms with Gasteiger partial charge in [-0.3, -0.25) is 23.2 Å². The minimum absolute atomic E-state index is 0.0711. The summed E-state index contributed by atoms with van der Waals surface area (Å²) in [5.74, 6) is -1.70. The van der Waals surface area contributed by atoms with Crippen molar-refractivity contribution in [3.05, 3.63) is 101 Å². The van der Waals surface area contributed by atoms with E-state index in [1.807, 2.05) is 0 Å². The molecule has 4 aromatic rings. The molecule has 0 amide bonds. The molecule has 0 aromatic heterocycles. The lowest BCUT2D eigenvalue weighted by molar-refractivity contribution is 0.0979. The van der Waals surface area contributed by atoms with Gasteiger partial charge in [0, 0.05) is 11.1 Å². The Kier molecular flexibility index (Phi) is 7.66. The summed E-state index contributed by atoms with van der Waals surface area (Å²) in [6, 6.07) is 15.1. The molecule has 0 saturated heterocycles. The Morgan fingerprint density at radius 1 is 0.500 bits per heavy atom. The van der Waals surface area contributed by atoms with Gasteiger partial charge in [-0.1, -0.05) is 36.4 Å². The number of nitrogens with zero attached hydrogens (tertiary/aromatic N) is 4. The van der Waals surface area contributed by atoms with Gasteiger partial charge in [-0.2, -0.15) is 35.5 Å². The molecule has 0 atom stereocenters. The lowest BCUT2D eigenvalue weighted by Crippen LogP contribution is -2.22. The summed E-state index contributed by atoms with van der Waals surface area (Å²) in [7, 11) is -14.5. The number of hydrogen-bond donors (Lipinski definition) is 3. The van der Waals surface area contributed by atoms with Crippen LogP contribution in [0.4, 0.5) is 22.7 Å². The van der Waals surface area contributed by atoms with E-state index < -0.39 is 79.1 Å². The van der Waals surface area contributed by atoms with Gasteiger partial charge in [0.15, 0.2) is 11.6 Å². The van der Waals surface area contributed by atoms with E-state index in [-0.39, 0.29) is 22.5 Å². The Bertz CT molecular complexity index is 2300. The first kappa shape index (κ1) is 30.6. The van der Waals surface area contributed by atoms with E-state index >= 15 is 0 Å². The molecule has 0 fully saturated rings. The lowest BCUT2D eigenvalue weighted by Gasteiger charge is -2.21. The largest absolute Gasteiger partial charge is 0.296 e. The number of azo groups is 2. The molecule has 3 N–H and O–H groups in total. The zero-order valence-corrected chi connectivity index (χ0v) is 24.1. The second-order valence-electron chi connectivity index (χ2n) is 9.02. The van der Waals surface area contributed by atoms with Crippen molar-refractivity contribution in [3.8, 4) is 0 Å². The molecule has 5 rings (SSSR count). The van der Waals surface area contributed by atoms with Crippen LogP contribution in [0.1, 0.15) is 31.8 Å². The van der Waals surface area contributed by atoms with Gasteiger partial charge in [0.05, 0.1) is 38.0 Å². The molecule has 0 heterocycles. The highest BCUT2D eigenvalue weighted by molar-refractivity contribution is 7.86. The number of hydrogen-bond acceptors (Lipinski definition) is 12. The van der Waals surface area contributed by atoms with Crippen molar-refractivity contribution in [3.63, 3.8) is 0 Å². The van der Waals surface area contributed by atoms with Crippen molar-refractivity contribution < 1.29 is 48.5 Å². The summed E-state index contributed by atoms with van der Waals surface area (Å²) in [5.41, 5.74) is -2.97. The van der Waals surface area contributed by atoms with E-state index in [0.717, 1.165) is 24.3 Å². The second kappa shape index (κ2) is 11.0. The van der Waals surface area contributed by atoms with Crippen LogP contribution in [0, 0.1) is 0 Å². The highest BCUT2D eigenvalue weighted by Crippen LogP contribution is 2.44. The van der Waals surface area contributed by atoms with E-state index in [0.29, 0.717) is 6.07 Å². The molecule has 4 aromatic carbocycles. The van der Waals surface area contributed by atoms with Crippen LogP contribution in [0.15, 0.2) is 114 Å². The SMILES string of the molecule is O=C1c2ccccc2C(=O)c2c(/N=N\c3cccc(S(=O)(=O)O)c3)c(S(=O)(=O)O)cc(/N=N\c3cccc(S(=O)(=O)O)c3)c21. The maximum atomic E-state index is 13.7. The van der Waals surface area contributed by atoms with Crippen molar-refractivity contribution in [2.45, 2.75) is 14.7 Å². The number of benzene rings is 4. The van der Waals surface area contributed by atoms with Gasteiger partial charge < -0.3 is 0 Å². The van der Waals surface area contributed by atoms with Crippen molar-refractivity contribution in [2.75, 3.05) is 0 Å². The first-order chi connectivity index (χ1) is 20.6. The zero-order valence-electron chi connectivity index (χ0n) is 21.6. The number of rotatable bonds is 7. The quantitative estimate of drug-likeness (QED) is 0.155. The Hall–Kier alpha value is -4.85. The molecular weight excluding hydrogens is 641 g/mol. The van der Waals surface area contributed by atoms with Crippen molar-refractivity contribution in [1.29, 1.82) is 0 Å². The van der Waals surface area contributed by atoms with Crippen LogP contribution in [0.25, 0.3) is 0 Å². The topological polar surface area (TPSA) is 247 Å². The normalized spacial score (nSPS) is 13.8. The van der Waals surface area contributed by atoms with Crippen LogP contribution in [0.2, 0.25) is 0 Å². The smallest absolute Gasteiger partial charge is 0.288 e. The van der Waals surface area contributed by atoms with Crippen LogP contribution in [0.5, 0.6) is 0 Å². The van der Waals surface area contributed by atoms with E-state index in [1.165, 1.54) is 48.5 Å². The van der Waals surface area contributed by atoms with Crippen molar-refractivity contribution in [1.82, 2.24) is 0 Å². The van der Waals surface area contributed by atoms with Crippen LogP contribution >= 0.6 is 0 Å². The third kappa shape index (κ3) is 5.97. The first-order valence-corrected chi connectivity index (χ1v) is 16.2. The Labute approximate surface area is 248 Å². The van der Waals surface area contributed by atoms with Crippen LogP contribution in [-0.4, -0.2) is 50.5 Å². The van der Waals surface area contributed by atoms with Crippen molar-refractivity contribution >= 4 is 64.7 Å². The van der Waals surface area contributed by atoms with E-state index in [1.54, 1.807) is 0 Å². The fourth-order valence-corrected chi connectivity index (χ4v) is 5.93. The second-order valence-corrected chi connectivity index (χ2v) is 13.2. The molecule has 18 heteroatoms. The third-order valence-electron chi connectivity index (χ3n) is 6.16. The molecule has 0 radical (unpaired) electrons. The summed E-state index contributed by atoms with van der Waals surface area (Å²) in [6.07, 6.45) is 0. The Morgan fingerprint density at radius 3 is 1.45 bits per heavy atom. The molecule has 0 saturated carbocycles. The predicted molar refractivity (Wildman–Crippen MR) is 150 cm³/mol. The molecule has 0 spiro atoms. The van der Waals surface area contributed by atoms with Gasteiger partial charge in [0.25, 0.3) is 30.4 Å². The number of fused-ring (bicyclic) bond motifs is 2. The molecule has 44 heavy (non-hydrogen) atoms. The van der Waals surface area contributed by atoms with Crippen LogP contribution in [-0.2, 0) is 30.4 Å². The molecule has 1 aliphatic rings. The van der Waals surface area contributed by atoms with Gasteiger partial charge >= 0.3 is 0 Å². The Morgan fingerprint density at radius 2 is 0.977 bits per heavy atom. The average molecular weight is 657 g/mol. The first-order valence-electron chi connectivity index (χ1n) is 11.9. The average Bonchev–Trinajstić information content (AvgIpc) is 2.96. The summed E-state index contributed by atoms with van der Waals surface area (Å²) < 4.78 is 99.9. The standard InChI is InChI=1S/C26H16N4O11S3/c31-25-18-9-1-2-10-19(18)26(32)23-22(25)20(29-27-14-5-3-7-16(11-14)42(33,34)35)13-21(44(39,40)41)24(23)30-28-15-6-4-8-17(12-15)43(36,37)38/h1-13H,(H,33,34,35)(H,36,37,38)(H,39,40,41)/b29-27-,30-28-. The van der Waals surface area contributed by atoms with E-state index in [4.69, 9.17) is 0 Å². The van der Waals surface area contributed by atoms with Gasteiger partial charge in [0.2, 0.25) is 0 Å². The molecule has 1 aliphatic carbocycles. The summed E-state index contributed by atoms with van der Waals surface area (Å²) in [6.45, 7) is 0. The van der Waals surface area contributed by atoms with E-state index in [9.17, 15) is 48.5 Å². The lowest BCUT2D eigenvalue weighted by atomic mass is 9.82. The molecule has 0 aliphatic heterocycles. The molecular formula is C26H16N4O11S3. The van der Waals surface area contributed by atoms with Crippen molar-refractivity contribution in [2.24, 2.45) is 20.5 Å². The van der Waals surface area contributed by atoms with Gasteiger partial charge in [-0.15, -0.1) is 10.2 Å². The molecule has 224 valence electrons. The fourth-order valence-electron chi connectivity index (χ4n) is 4.24. The van der Waals surface area contributed by atoms with Crippen LogP contribution in [0.3, 0.4) is 0 Å². The minimum atomic E-state index is -5.22. The summed E-state index contributed by atoms with van der Waals surface area (Å²) in [5, 5.41) is 15.3. The van der Waals surface area contributed by atoms with Crippen LogP contribution < -0.4 is 0 Å². The summed E-state index contributed by atoms with van der Waals surface area (Å²) >= 11 is 0. The molecule has 15 nitrogen and oxygen atoms in total. The number of carbonyl (C=O) groups is 2. The van der Waals surface area contributed by atoms with Gasteiger partial charge in [-0.25, -0.2) is 0 Å². The van der Waals surface area contributed by atoms with Gasteiger partial charge in [0.1, 0.15) is 10.6 Å².